The summed E-state index contributed by atoms with van der Waals surface area (Å²) in [7, 11) is 1.64. The highest BCUT2D eigenvalue weighted by Crippen LogP contribution is 2.38. The Balaban J connectivity index is 1.99. The molecule has 2 unspecified atom stereocenters. The smallest absolute Gasteiger partial charge is 0.381 e. The summed E-state index contributed by atoms with van der Waals surface area (Å²) in [6.07, 6.45) is -0.624. The van der Waals surface area contributed by atoms with Gasteiger partial charge in [0.05, 0.1) is 12.6 Å². The third kappa shape index (κ3) is 2.45. The van der Waals surface area contributed by atoms with Crippen molar-refractivity contribution < 1.29 is 17.9 Å². The molecule has 2 bridgehead atoms. The van der Waals surface area contributed by atoms with Gasteiger partial charge in [-0.1, -0.05) is 0 Å². The van der Waals surface area contributed by atoms with Gasteiger partial charge in [-0.3, -0.25) is 4.90 Å². The van der Waals surface area contributed by atoms with E-state index < -0.39 is 12.7 Å². The molecule has 88 valence electrons. The summed E-state index contributed by atoms with van der Waals surface area (Å²) < 4.78 is 42.2. The molecule has 2 atom stereocenters. The number of hydrogen-bond donors (Lipinski definition) is 0. The molecule has 2 nitrogen and oxygen atoms in total. The van der Waals surface area contributed by atoms with Crippen LogP contribution in [-0.2, 0) is 4.74 Å². The van der Waals surface area contributed by atoms with Crippen LogP contribution in [0.2, 0.25) is 0 Å². The van der Waals surface area contributed by atoms with E-state index in [9.17, 15) is 13.2 Å². The van der Waals surface area contributed by atoms with Crippen molar-refractivity contribution >= 4 is 0 Å². The predicted octanol–water partition coefficient (Wildman–Crippen LogP) is 2.19. The SMILES string of the molecule is COC1CC2CCC(C1)N2CC(F)(F)F. The Morgan fingerprint density at radius 2 is 1.73 bits per heavy atom. The van der Waals surface area contributed by atoms with Crippen molar-refractivity contribution in [2.24, 2.45) is 0 Å². The number of hydrogen-bond acceptors (Lipinski definition) is 2. The topological polar surface area (TPSA) is 12.5 Å². The Hall–Kier alpha value is -0.290. The first-order valence-electron chi connectivity index (χ1n) is 5.35. The van der Waals surface area contributed by atoms with Crippen molar-refractivity contribution in [3.05, 3.63) is 0 Å². The summed E-state index contributed by atoms with van der Waals surface area (Å²) >= 11 is 0. The maximum atomic E-state index is 12.3. The Morgan fingerprint density at radius 1 is 1.20 bits per heavy atom. The van der Waals surface area contributed by atoms with E-state index in [0.29, 0.717) is 0 Å². The lowest BCUT2D eigenvalue weighted by molar-refractivity contribution is -0.159. The maximum Gasteiger partial charge on any atom is 0.401 e. The van der Waals surface area contributed by atoms with Gasteiger partial charge in [-0.25, -0.2) is 0 Å². The molecule has 0 saturated carbocycles. The van der Waals surface area contributed by atoms with Crippen molar-refractivity contribution in [1.82, 2.24) is 4.90 Å². The van der Waals surface area contributed by atoms with Crippen LogP contribution < -0.4 is 0 Å². The van der Waals surface area contributed by atoms with E-state index in [1.807, 2.05) is 0 Å². The zero-order chi connectivity index (χ0) is 11.1. The van der Waals surface area contributed by atoms with Crippen LogP contribution in [0.25, 0.3) is 0 Å². The second kappa shape index (κ2) is 3.94. The van der Waals surface area contributed by atoms with Crippen LogP contribution in [-0.4, -0.2) is 42.9 Å². The molecule has 0 aromatic heterocycles. The van der Waals surface area contributed by atoms with Crippen LogP contribution in [0.15, 0.2) is 0 Å². The lowest BCUT2D eigenvalue weighted by atomic mass is 10.00. The first kappa shape index (κ1) is 11.2. The van der Waals surface area contributed by atoms with Crippen molar-refractivity contribution in [2.45, 2.75) is 50.0 Å². The average molecular weight is 223 g/mol. The van der Waals surface area contributed by atoms with E-state index in [-0.39, 0.29) is 18.2 Å². The van der Waals surface area contributed by atoms with Gasteiger partial charge >= 0.3 is 6.18 Å². The Morgan fingerprint density at radius 3 is 2.13 bits per heavy atom. The monoisotopic (exact) mass is 223 g/mol. The van der Waals surface area contributed by atoms with Gasteiger partial charge in [-0.2, -0.15) is 13.2 Å². The van der Waals surface area contributed by atoms with E-state index in [0.717, 1.165) is 25.7 Å². The number of halogens is 3. The minimum absolute atomic E-state index is 0.0790. The van der Waals surface area contributed by atoms with Crippen molar-refractivity contribution in [3.63, 3.8) is 0 Å². The highest BCUT2D eigenvalue weighted by Gasteiger charge is 2.45. The van der Waals surface area contributed by atoms with Crippen LogP contribution >= 0.6 is 0 Å². The zero-order valence-electron chi connectivity index (χ0n) is 8.76. The molecule has 2 saturated heterocycles. The molecule has 2 fully saturated rings. The van der Waals surface area contributed by atoms with Gasteiger partial charge in [0.2, 0.25) is 0 Å². The molecule has 0 aromatic rings. The third-order valence-electron chi connectivity index (χ3n) is 3.54. The van der Waals surface area contributed by atoms with Gasteiger partial charge in [-0.05, 0) is 25.7 Å². The quantitative estimate of drug-likeness (QED) is 0.711. The summed E-state index contributed by atoms with van der Waals surface area (Å²) in [4.78, 5) is 1.62. The highest BCUT2D eigenvalue weighted by atomic mass is 19.4. The van der Waals surface area contributed by atoms with Crippen LogP contribution in [0.4, 0.5) is 13.2 Å². The minimum atomic E-state index is -4.07. The number of piperidine rings is 1. The third-order valence-corrected chi connectivity index (χ3v) is 3.54. The number of nitrogens with zero attached hydrogens (tertiary/aromatic N) is 1. The van der Waals surface area contributed by atoms with E-state index in [1.54, 1.807) is 12.0 Å². The molecule has 15 heavy (non-hydrogen) atoms. The second-order valence-electron chi connectivity index (χ2n) is 4.50. The molecule has 0 amide bonds. The largest absolute Gasteiger partial charge is 0.401 e. The molecule has 0 spiro atoms. The van der Waals surface area contributed by atoms with Crippen molar-refractivity contribution in [1.29, 1.82) is 0 Å². The van der Waals surface area contributed by atoms with Crippen LogP contribution in [0.5, 0.6) is 0 Å². The molecule has 0 N–H and O–H groups in total. The average Bonchev–Trinajstić information content (AvgIpc) is 2.37. The number of rotatable bonds is 2. The van der Waals surface area contributed by atoms with E-state index in [2.05, 4.69) is 0 Å². The molecule has 2 rings (SSSR count). The lowest BCUT2D eigenvalue weighted by Crippen LogP contribution is -2.48. The van der Waals surface area contributed by atoms with Gasteiger partial charge in [0.15, 0.2) is 0 Å². The van der Waals surface area contributed by atoms with Crippen molar-refractivity contribution in [3.8, 4) is 0 Å². The molecule has 2 aliphatic heterocycles. The number of alkyl halides is 3. The summed E-state index contributed by atoms with van der Waals surface area (Å²) in [6, 6.07) is 0.158. The van der Waals surface area contributed by atoms with E-state index in [4.69, 9.17) is 4.74 Å². The van der Waals surface area contributed by atoms with Gasteiger partial charge in [0, 0.05) is 19.2 Å². The summed E-state index contributed by atoms with van der Waals surface area (Å²) in [6.45, 7) is -0.751. The van der Waals surface area contributed by atoms with Gasteiger partial charge in [0.25, 0.3) is 0 Å². The number of fused-ring (bicyclic) bond motifs is 2. The fraction of sp³-hybridized carbons (Fsp3) is 1.00. The molecule has 0 aliphatic carbocycles. The Bertz CT molecular complexity index is 217. The lowest BCUT2D eigenvalue weighted by Gasteiger charge is -2.38. The zero-order valence-corrected chi connectivity index (χ0v) is 8.76. The number of ether oxygens (including phenoxy) is 1. The van der Waals surface area contributed by atoms with Gasteiger partial charge in [-0.15, -0.1) is 0 Å². The van der Waals surface area contributed by atoms with E-state index in [1.165, 1.54) is 0 Å². The predicted molar refractivity (Wildman–Crippen MR) is 49.6 cm³/mol. The molecule has 2 aliphatic rings. The van der Waals surface area contributed by atoms with Gasteiger partial charge in [0.1, 0.15) is 0 Å². The Labute approximate surface area is 87.4 Å². The fourth-order valence-corrected chi connectivity index (χ4v) is 2.88. The number of methoxy groups -OCH3 is 1. The molecule has 0 aromatic carbocycles. The molecule has 5 heteroatoms. The van der Waals surface area contributed by atoms with Crippen LogP contribution in [0, 0.1) is 0 Å². The first-order valence-corrected chi connectivity index (χ1v) is 5.35. The van der Waals surface area contributed by atoms with Crippen LogP contribution in [0.3, 0.4) is 0 Å². The maximum absolute atomic E-state index is 12.3. The summed E-state index contributed by atoms with van der Waals surface area (Å²) in [5, 5.41) is 0. The standard InChI is InChI=1S/C10H16F3NO/c1-15-9-4-7-2-3-8(5-9)14(7)6-10(11,12)13/h7-9H,2-6H2,1H3. The summed E-state index contributed by atoms with van der Waals surface area (Å²) in [5.41, 5.74) is 0. The minimum Gasteiger partial charge on any atom is -0.381 e. The van der Waals surface area contributed by atoms with E-state index >= 15 is 0 Å². The molecule has 0 radical (unpaired) electrons. The highest BCUT2D eigenvalue weighted by molar-refractivity contribution is 4.96. The second-order valence-corrected chi connectivity index (χ2v) is 4.50. The van der Waals surface area contributed by atoms with Crippen molar-refractivity contribution in [2.75, 3.05) is 13.7 Å². The Kier molecular flexibility index (Phi) is 2.94. The molecular formula is C10H16F3NO. The normalized spacial score (nSPS) is 37.2. The van der Waals surface area contributed by atoms with Crippen LogP contribution in [0.1, 0.15) is 25.7 Å². The first-order chi connectivity index (χ1) is 6.99. The molecular weight excluding hydrogens is 207 g/mol. The molecule has 2 heterocycles. The summed E-state index contributed by atoms with van der Waals surface area (Å²) in [5.74, 6) is 0. The van der Waals surface area contributed by atoms with Gasteiger partial charge < -0.3 is 4.74 Å². The fourth-order valence-electron chi connectivity index (χ4n) is 2.88.